The normalized spacial score (nSPS) is 11.7. The molecule has 0 unspecified atom stereocenters. The van der Waals surface area contributed by atoms with Crippen molar-refractivity contribution < 1.29 is 13.2 Å². The van der Waals surface area contributed by atoms with Gasteiger partial charge in [-0.15, -0.1) is 0 Å². The zero-order valence-electron chi connectivity index (χ0n) is 13.2. The predicted octanol–water partition coefficient (Wildman–Crippen LogP) is 5.21. The second kappa shape index (κ2) is 6.51. The van der Waals surface area contributed by atoms with E-state index >= 15 is 0 Å². The van der Waals surface area contributed by atoms with Gasteiger partial charge in [0.15, 0.2) is 0 Å². The highest BCUT2D eigenvalue weighted by Crippen LogP contribution is 2.27. The molecule has 2 nitrogen and oxygen atoms in total. The first-order valence-electron chi connectivity index (χ1n) is 7.76. The molecule has 0 fully saturated rings. The van der Waals surface area contributed by atoms with Gasteiger partial charge in [0, 0.05) is 5.56 Å². The van der Waals surface area contributed by atoms with Crippen molar-refractivity contribution in [1.29, 1.82) is 0 Å². The summed E-state index contributed by atoms with van der Waals surface area (Å²) in [6.07, 6.45) is -4.41. The van der Waals surface area contributed by atoms with Crippen molar-refractivity contribution in [2.24, 2.45) is 0 Å². The maximum atomic E-state index is 12.7. The van der Waals surface area contributed by atoms with Crippen LogP contribution in [0.5, 0.6) is 0 Å². The molecule has 24 heavy (non-hydrogen) atoms. The Morgan fingerprint density at radius 2 is 1.62 bits per heavy atom. The highest BCUT2D eigenvalue weighted by atomic mass is 19.4. The number of rotatable bonds is 4. The van der Waals surface area contributed by atoms with E-state index in [-0.39, 0.29) is 5.69 Å². The van der Waals surface area contributed by atoms with Crippen LogP contribution >= 0.6 is 0 Å². The molecular formula is C19H17F3N2. The van der Waals surface area contributed by atoms with Gasteiger partial charge in [-0.25, -0.2) is 4.68 Å². The predicted molar refractivity (Wildman–Crippen MR) is 88.1 cm³/mol. The van der Waals surface area contributed by atoms with Crippen LogP contribution in [0, 0.1) is 0 Å². The van der Waals surface area contributed by atoms with Crippen LogP contribution < -0.4 is 0 Å². The highest BCUT2D eigenvalue weighted by molar-refractivity contribution is 5.62. The molecule has 0 bridgehead atoms. The fourth-order valence-electron chi connectivity index (χ4n) is 2.61. The molecular weight excluding hydrogens is 313 g/mol. The molecule has 1 heterocycles. The Bertz CT molecular complexity index is 803. The Balaban J connectivity index is 2.08. The second-order valence-electron chi connectivity index (χ2n) is 5.61. The Morgan fingerprint density at radius 1 is 0.958 bits per heavy atom. The summed E-state index contributed by atoms with van der Waals surface area (Å²) in [4.78, 5) is 0. The third-order valence-electron chi connectivity index (χ3n) is 3.80. The van der Waals surface area contributed by atoms with E-state index in [1.54, 1.807) is 4.68 Å². The van der Waals surface area contributed by atoms with Gasteiger partial charge >= 0.3 is 6.18 Å². The van der Waals surface area contributed by atoms with Crippen molar-refractivity contribution in [1.82, 2.24) is 9.78 Å². The maximum Gasteiger partial charge on any atom is 0.394 e. The molecule has 3 aromatic rings. The smallest absolute Gasteiger partial charge is 0.233 e. The van der Waals surface area contributed by atoms with Crippen LogP contribution in [0.4, 0.5) is 13.2 Å². The van der Waals surface area contributed by atoms with E-state index in [9.17, 15) is 13.2 Å². The summed E-state index contributed by atoms with van der Waals surface area (Å²) in [6, 6.07) is 18.5. The first-order valence-corrected chi connectivity index (χ1v) is 7.76. The van der Waals surface area contributed by atoms with Crippen LogP contribution in [-0.2, 0) is 12.8 Å². The molecule has 0 amide bonds. The number of nitrogens with zero attached hydrogens (tertiary/aromatic N) is 2. The van der Waals surface area contributed by atoms with Gasteiger partial charge in [0.25, 0.3) is 0 Å². The standard InChI is InChI=1S/C19H17F3N2/c1-2-14-8-10-17(11-9-14)24-18(15-6-4-3-5-7-15)12-16(23-24)13-19(20,21)22/h3-12H,2,13H2,1H3. The zero-order valence-corrected chi connectivity index (χ0v) is 13.2. The molecule has 3 rings (SSSR count). The van der Waals surface area contributed by atoms with Crippen molar-refractivity contribution in [3.8, 4) is 16.9 Å². The molecule has 0 saturated carbocycles. The average molecular weight is 330 g/mol. The summed E-state index contributed by atoms with van der Waals surface area (Å²) < 4.78 is 39.8. The minimum atomic E-state index is -4.28. The molecule has 0 atom stereocenters. The van der Waals surface area contributed by atoms with Gasteiger partial charge in [-0.1, -0.05) is 49.4 Å². The molecule has 0 aliphatic rings. The van der Waals surface area contributed by atoms with E-state index in [1.165, 1.54) is 11.6 Å². The van der Waals surface area contributed by atoms with Crippen LogP contribution in [0.15, 0.2) is 60.7 Å². The molecule has 2 aromatic carbocycles. The summed E-state index contributed by atoms with van der Waals surface area (Å²) in [5.74, 6) is 0. The van der Waals surface area contributed by atoms with E-state index < -0.39 is 12.6 Å². The molecule has 0 aliphatic carbocycles. The highest BCUT2D eigenvalue weighted by Gasteiger charge is 2.29. The van der Waals surface area contributed by atoms with Crippen LogP contribution in [0.1, 0.15) is 18.2 Å². The van der Waals surface area contributed by atoms with Gasteiger partial charge in [0.2, 0.25) is 0 Å². The molecule has 0 aliphatic heterocycles. The molecule has 5 heteroatoms. The van der Waals surface area contributed by atoms with Gasteiger partial charge in [-0.2, -0.15) is 18.3 Å². The van der Waals surface area contributed by atoms with Crippen molar-refractivity contribution in [3.63, 3.8) is 0 Å². The number of alkyl halides is 3. The molecule has 0 saturated heterocycles. The van der Waals surface area contributed by atoms with E-state index in [4.69, 9.17) is 0 Å². The maximum absolute atomic E-state index is 12.7. The summed E-state index contributed by atoms with van der Waals surface area (Å²) in [6.45, 7) is 2.06. The van der Waals surface area contributed by atoms with Crippen LogP contribution in [-0.4, -0.2) is 16.0 Å². The summed E-state index contributed by atoms with van der Waals surface area (Å²) in [7, 11) is 0. The molecule has 124 valence electrons. The SMILES string of the molecule is CCc1ccc(-n2nc(CC(F)(F)F)cc2-c2ccccc2)cc1. The number of benzene rings is 2. The third kappa shape index (κ3) is 3.67. The molecule has 1 aromatic heterocycles. The largest absolute Gasteiger partial charge is 0.394 e. The van der Waals surface area contributed by atoms with E-state index in [2.05, 4.69) is 12.0 Å². The van der Waals surface area contributed by atoms with Gasteiger partial charge < -0.3 is 0 Å². The van der Waals surface area contributed by atoms with Crippen LogP contribution in [0.25, 0.3) is 16.9 Å². The Labute approximate surface area is 138 Å². The van der Waals surface area contributed by atoms with Gasteiger partial charge in [0.05, 0.1) is 23.5 Å². The van der Waals surface area contributed by atoms with Crippen molar-refractivity contribution >= 4 is 0 Å². The van der Waals surface area contributed by atoms with Crippen LogP contribution in [0.3, 0.4) is 0 Å². The zero-order chi connectivity index (χ0) is 17.2. The van der Waals surface area contributed by atoms with Gasteiger partial charge in [-0.3, -0.25) is 0 Å². The number of halogens is 3. The summed E-state index contributed by atoms with van der Waals surface area (Å²) >= 11 is 0. The number of hydrogen-bond acceptors (Lipinski definition) is 1. The monoisotopic (exact) mass is 330 g/mol. The van der Waals surface area contributed by atoms with Gasteiger partial charge in [-0.05, 0) is 30.2 Å². The molecule has 0 radical (unpaired) electrons. The lowest BCUT2D eigenvalue weighted by atomic mass is 10.1. The van der Waals surface area contributed by atoms with Crippen molar-refractivity contribution in [3.05, 3.63) is 71.9 Å². The number of aryl methyl sites for hydroxylation is 1. The Hall–Kier alpha value is -2.56. The van der Waals surface area contributed by atoms with E-state index in [0.29, 0.717) is 5.69 Å². The van der Waals surface area contributed by atoms with E-state index in [0.717, 1.165) is 17.7 Å². The van der Waals surface area contributed by atoms with Crippen LogP contribution in [0.2, 0.25) is 0 Å². The quantitative estimate of drug-likeness (QED) is 0.642. The lowest BCUT2D eigenvalue weighted by Gasteiger charge is -2.08. The summed E-state index contributed by atoms with van der Waals surface area (Å²) in [5.41, 5.74) is 3.42. The molecule has 0 N–H and O–H groups in total. The Morgan fingerprint density at radius 3 is 2.21 bits per heavy atom. The second-order valence-corrected chi connectivity index (χ2v) is 5.61. The lowest BCUT2D eigenvalue weighted by Crippen LogP contribution is -2.12. The summed E-state index contributed by atoms with van der Waals surface area (Å²) in [5, 5.41) is 4.19. The van der Waals surface area contributed by atoms with Crippen molar-refractivity contribution in [2.75, 3.05) is 0 Å². The van der Waals surface area contributed by atoms with Crippen molar-refractivity contribution in [2.45, 2.75) is 25.9 Å². The molecule has 0 spiro atoms. The third-order valence-corrected chi connectivity index (χ3v) is 3.80. The minimum absolute atomic E-state index is 0.0147. The number of aromatic nitrogens is 2. The fourth-order valence-corrected chi connectivity index (χ4v) is 2.61. The Kier molecular flexibility index (Phi) is 4.42. The average Bonchev–Trinajstić information content (AvgIpc) is 2.97. The minimum Gasteiger partial charge on any atom is -0.233 e. The lowest BCUT2D eigenvalue weighted by molar-refractivity contribution is -0.127. The van der Waals surface area contributed by atoms with E-state index in [1.807, 2.05) is 54.6 Å². The first kappa shape index (κ1) is 16.3. The van der Waals surface area contributed by atoms with Gasteiger partial charge in [0.1, 0.15) is 0 Å². The fraction of sp³-hybridized carbons (Fsp3) is 0.211. The topological polar surface area (TPSA) is 17.8 Å². The first-order chi connectivity index (χ1) is 11.5. The number of hydrogen-bond donors (Lipinski definition) is 0.